The maximum atomic E-state index is 11.9. The first-order chi connectivity index (χ1) is 18.6. The Balaban J connectivity index is 1.45. The molecular formula is C33H44N2O3. The highest BCUT2D eigenvalue weighted by Gasteiger charge is 2.10. The molecule has 1 aromatic heterocycles. The predicted octanol–water partition coefficient (Wildman–Crippen LogP) is 8.60. The van der Waals surface area contributed by atoms with E-state index in [1.165, 1.54) is 44.1 Å². The van der Waals surface area contributed by atoms with Crippen LogP contribution in [0, 0.1) is 0 Å². The van der Waals surface area contributed by atoms with E-state index in [0.717, 1.165) is 53.9 Å². The molecule has 204 valence electrons. The van der Waals surface area contributed by atoms with E-state index < -0.39 is 0 Å². The van der Waals surface area contributed by atoms with Crippen LogP contribution in [0.2, 0.25) is 0 Å². The van der Waals surface area contributed by atoms with Gasteiger partial charge in [0.25, 0.3) is 0 Å². The molecule has 5 heteroatoms. The van der Waals surface area contributed by atoms with Gasteiger partial charge in [0.1, 0.15) is 18.5 Å². The second-order valence-electron chi connectivity index (χ2n) is 10.1. The van der Waals surface area contributed by atoms with Gasteiger partial charge in [0.2, 0.25) is 0 Å². The first kappa shape index (κ1) is 29.3. The summed E-state index contributed by atoms with van der Waals surface area (Å²) in [7, 11) is 0. The highest BCUT2D eigenvalue weighted by atomic mass is 16.6. The number of carbonyl (C=O) groups is 1. The number of hydrogen-bond acceptors (Lipinski definition) is 5. The zero-order chi connectivity index (χ0) is 27.0. The number of esters is 1. The molecule has 0 N–H and O–H groups in total. The van der Waals surface area contributed by atoms with Gasteiger partial charge < -0.3 is 9.47 Å². The lowest BCUT2D eigenvalue weighted by molar-refractivity contribution is -0.149. The normalized spacial score (nSPS) is 11.8. The number of ether oxygens (including phenoxy) is 2. The lowest BCUT2D eigenvalue weighted by Gasteiger charge is -2.14. The summed E-state index contributed by atoms with van der Waals surface area (Å²) >= 11 is 0. The van der Waals surface area contributed by atoms with Crippen LogP contribution in [0.15, 0.2) is 60.9 Å². The zero-order valence-corrected chi connectivity index (χ0v) is 23.5. The Morgan fingerprint density at radius 2 is 1.34 bits per heavy atom. The Bertz CT molecular complexity index is 1060. The number of benzene rings is 2. The summed E-state index contributed by atoms with van der Waals surface area (Å²) in [6, 6.07) is 16.5. The highest BCUT2D eigenvalue weighted by Crippen LogP contribution is 2.24. The van der Waals surface area contributed by atoms with E-state index >= 15 is 0 Å². The maximum absolute atomic E-state index is 11.9. The van der Waals surface area contributed by atoms with Gasteiger partial charge in [0.15, 0.2) is 5.82 Å². The van der Waals surface area contributed by atoms with Crippen LogP contribution in [0.5, 0.6) is 5.75 Å². The van der Waals surface area contributed by atoms with E-state index in [4.69, 9.17) is 9.47 Å². The van der Waals surface area contributed by atoms with E-state index in [9.17, 15) is 4.79 Å². The molecular weight excluding hydrogens is 472 g/mol. The summed E-state index contributed by atoms with van der Waals surface area (Å²) in [5, 5.41) is 0. The average molecular weight is 517 g/mol. The van der Waals surface area contributed by atoms with Crippen LogP contribution in [0.4, 0.5) is 0 Å². The van der Waals surface area contributed by atoms with Gasteiger partial charge in [-0.25, -0.2) is 9.97 Å². The standard InChI is InChI=1S/C33H44N2O3/c1-4-6-8-9-10-12-13-27-15-17-29(18-16-27)33-34-23-30(24-35-33)28-19-21-31(22-20-28)37-25-26(3)38-32(36)14-11-7-5-2/h15-24,26H,4-14,25H2,1-3H3. The summed E-state index contributed by atoms with van der Waals surface area (Å²) < 4.78 is 11.2. The molecule has 0 aliphatic heterocycles. The minimum Gasteiger partial charge on any atom is -0.490 e. The minimum atomic E-state index is -0.283. The van der Waals surface area contributed by atoms with Crippen molar-refractivity contribution in [3.63, 3.8) is 0 Å². The van der Waals surface area contributed by atoms with Crippen LogP contribution in [-0.4, -0.2) is 28.6 Å². The van der Waals surface area contributed by atoms with Gasteiger partial charge in [-0.1, -0.05) is 95.2 Å². The summed E-state index contributed by atoms with van der Waals surface area (Å²) in [4.78, 5) is 21.1. The topological polar surface area (TPSA) is 61.3 Å². The smallest absolute Gasteiger partial charge is 0.306 e. The van der Waals surface area contributed by atoms with Crippen LogP contribution in [0.25, 0.3) is 22.5 Å². The van der Waals surface area contributed by atoms with Crippen molar-refractivity contribution in [2.45, 2.75) is 97.5 Å². The Labute approximate surface area is 229 Å². The minimum absolute atomic E-state index is 0.155. The van der Waals surface area contributed by atoms with E-state index in [1.54, 1.807) is 0 Å². The molecule has 0 saturated carbocycles. The van der Waals surface area contributed by atoms with Gasteiger partial charge in [-0.15, -0.1) is 0 Å². The van der Waals surface area contributed by atoms with Gasteiger partial charge in [0, 0.05) is 29.9 Å². The van der Waals surface area contributed by atoms with E-state index in [0.29, 0.717) is 13.0 Å². The van der Waals surface area contributed by atoms with Crippen molar-refractivity contribution >= 4 is 5.97 Å². The van der Waals surface area contributed by atoms with Crippen LogP contribution < -0.4 is 4.74 Å². The Kier molecular flexibility index (Phi) is 12.8. The Morgan fingerprint density at radius 1 is 0.737 bits per heavy atom. The second-order valence-corrected chi connectivity index (χ2v) is 10.1. The maximum Gasteiger partial charge on any atom is 0.306 e. The molecule has 1 atom stereocenters. The summed E-state index contributed by atoms with van der Waals surface area (Å²) in [6.45, 7) is 6.56. The quantitative estimate of drug-likeness (QED) is 0.133. The lowest BCUT2D eigenvalue weighted by Crippen LogP contribution is -2.21. The van der Waals surface area contributed by atoms with E-state index in [2.05, 4.69) is 48.1 Å². The van der Waals surface area contributed by atoms with Gasteiger partial charge in [-0.05, 0) is 49.4 Å². The molecule has 0 fully saturated rings. The number of aryl methyl sites for hydroxylation is 1. The Hall–Kier alpha value is -3.21. The molecule has 0 amide bonds. The van der Waals surface area contributed by atoms with E-state index in [1.807, 2.05) is 43.6 Å². The summed E-state index contributed by atoms with van der Waals surface area (Å²) in [5.74, 6) is 1.32. The van der Waals surface area contributed by atoms with Crippen molar-refractivity contribution in [3.8, 4) is 28.3 Å². The first-order valence-corrected chi connectivity index (χ1v) is 14.4. The molecule has 3 rings (SSSR count). The molecule has 0 radical (unpaired) electrons. The van der Waals surface area contributed by atoms with Crippen LogP contribution >= 0.6 is 0 Å². The van der Waals surface area contributed by atoms with Crippen molar-refractivity contribution < 1.29 is 14.3 Å². The van der Waals surface area contributed by atoms with Gasteiger partial charge in [-0.3, -0.25) is 4.79 Å². The van der Waals surface area contributed by atoms with Crippen LogP contribution in [0.3, 0.4) is 0 Å². The summed E-state index contributed by atoms with van der Waals surface area (Å²) in [6.07, 6.45) is 16.0. The third kappa shape index (κ3) is 10.3. The first-order valence-electron chi connectivity index (χ1n) is 14.4. The number of carbonyl (C=O) groups excluding carboxylic acids is 1. The van der Waals surface area contributed by atoms with Crippen molar-refractivity contribution in [2.75, 3.05) is 6.61 Å². The fourth-order valence-corrected chi connectivity index (χ4v) is 4.35. The third-order valence-electron chi connectivity index (χ3n) is 6.67. The highest BCUT2D eigenvalue weighted by molar-refractivity contribution is 5.69. The molecule has 38 heavy (non-hydrogen) atoms. The number of unbranched alkanes of at least 4 members (excludes halogenated alkanes) is 7. The van der Waals surface area contributed by atoms with Crippen molar-refractivity contribution in [3.05, 3.63) is 66.5 Å². The Morgan fingerprint density at radius 3 is 2.03 bits per heavy atom. The molecule has 0 saturated heterocycles. The molecule has 1 unspecified atom stereocenters. The zero-order valence-electron chi connectivity index (χ0n) is 23.5. The second kappa shape index (κ2) is 16.6. The van der Waals surface area contributed by atoms with Gasteiger partial charge in [0.05, 0.1) is 0 Å². The van der Waals surface area contributed by atoms with Gasteiger partial charge >= 0.3 is 5.97 Å². The monoisotopic (exact) mass is 516 g/mol. The number of nitrogens with zero attached hydrogens (tertiary/aromatic N) is 2. The molecule has 3 aromatic rings. The molecule has 5 nitrogen and oxygen atoms in total. The average Bonchev–Trinajstić information content (AvgIpc) is 2.95. The van der Waals surface area contributed by atoms with E-state index in [-0.39, 0.29) is 12.1 Å². The number of rotatable bonds is 17. The largest absolute Gasteiger partial charge is 0.490 e. The molecule has 0 aliphatic rings. The van der Waals surface area contributed by atoms with Crippen molar-refractivity contribution in [2.24, 2.45) is 0 Å². The fraction of sp³-hybridized carbons (Fsp3) is 0.485. The number of hydrogen-bond donors (Lipinski definition) is 0. The molecule has 0 spiro atoms. The molecule has 1 heterocycles. The van der Waals surface area contributed by atoms with Crippen molar-refractivity contribution in [1.82, 2.24) is 9.97 Å². The predicted molar refractivity (Wildman–Crippen MR) is 155 cm³/mol. The summed E-state index contributed by atoms with van der Waals surface area (Å²) in [5.41, 5.74) is 4.39. The molecule has 0 bridgehead atoms. The van der Waals surface area contributed by atoms with Crippen molar-refractivity contribution in [1.29, 1.82) is 0 Å². The van der Waals surface area contributed by atoms with Crippen LogP contribution in [-0.2, 0) is 16.0 Å². The third-order valence-corrected chi connectivity index (χ3v) is 6.67. The lowest BCUT2D eigenvalue weighted by atomic mass is 10.0. The SMILES string of the molecule is CCCCCCCCc1ccc(-c2ncc(-c3ccc(OCC(C)OC(=O)CCCCC)cc3)cn2)cc1. The van der Waals surface area contributed by atoms with Crippen LogP contribution in [0.1, 0.15) is 90.5 Å². The number of aromatic nitrogens is 2. The molecule has 2 aromatic carbocycles. The molecule has 0 aliphatic carbocycles. The van der Waals surface area contributed by atoms with Gasteiger partial charge in [-0.2, -0.15) is 0 Å². The fourth-order valence-electron chi connectivity index (χ4n) is 4.35.